The predicted octanol–water partition coefficient (Wildman–Crippen LogP) is 5.58. The zero-order chi connectivity index (χ0) is 18.3. The van der Waals surface area contributed by atoms with Crippen molar-refractivity contribution in [3.05, 3.63) is 63.8 Å². The number of halogens is 1. The van der Waals surface area contributed by atoms with Gasteiger partial charge in [0.25, 0.3) is 5.91 Å². The van der Waals surface area contributed by atoms with E-state index >= 15 is 0 Å². The molecule has 4 aromatic rings. The number of rotatable bonds is 3. The summed E-state index contributed by atoms with van der Waals surface area (Å²) >= 11 is 4.54. The lowest BCUT2D eigenvalue weighted by Gasteiger charge is -1.98. The summed E-state index contributed by atoms with van der Waals surface area (Å²) in [5, 5.41) is 4.15. The number of carbonyl (C=O) groups excluding carboxylic acids is 1. The van der Waals surface area contributed by atoms with Crippen LogP contribution in [0, 0.1) is 13.8 Å². The Morgan fingerprint density at radius 2 is 1.92 bits per heavy atom. The molecule has 0 spiro atoms. The number of benzene rings is 2. The number of aryl methyl sites for hydroxylation is 2. The second-order valence-electron chi connectivity index (χ2n) is 5.94. The minimum absolute atomic E-state index is 0.297. The van der Waals surface area contributed by atoms with E-state index < -0.39 is 0 Å². The van der Waals surface area contributed by atoms with Crippen LogP contribution in [0.25, 0.3) is 22.4 Å². The first-order valence-electron chi connectivity index (χ1n) is 7.92. The molecule has 4 rings (SSSR count). The molecule has 130 valence electrons. The van der Waals surface area contributed by atoms with Gasteiger partial charge in [0.05, 0.1) is 0 Å². The zero-order valence-corrected chi connectivity index (χ0v) is 16.4. The van der Waals surface area contributed by atoms with Gasteiger partial charge < -0.3 is 4.42 Å². The van der Waals surface area contributed by atoms with Gasteiger partial charge in [-0.25, -0.2) is 0 Å². The van der Waals surface area contributed by atoms with E-state index in [0.717, 1.165) is 38.1 Å². The van der Waals surface area contributed by atoms with Crippen molar-refractivity contribution in [3.63, 3.8) is 0 Å². The Bertz CT molecular complexity index is 1120. The predicted molar refractivity (Wildman–Crippen MR) is 107 cm³/mol. The molecule has 1 amide bonds. The number of anilines is 1. The van der Waals surface area contributed by atoms with Crippen molar-refractivity contribution in [2.24, 2.45) is 0 Å². The van der Waals surface area contributed by atoms with Crippen LogP contribution in [-0.4, -0.2) is 15.3 Å². The molecule has 2 heterocycles. The fourth-order valence-corrected chi connectivity index (χ4v) is 3.54. The Morgan fingerprint density at radius 3 is 2.69 bits per heavy atom. The van der Waals surface area contributed by atoms with Crippen LogP contribution >= 0.6 is 27.5 Å². The van der Waals surface area contributed by atoms with Crippen LogP contribution in [0.15, 0.2) is 51.4 Å². The van der Waals surface area contributed by atoms with Crippen molar-refractivity contribution in [1.82, 2.24) is 9.36 Å². The van der Waals surface area contributed by atoms with Gasteiger partial charge in [-0.15, -0.1) is 0 Å². The minimum atomic E-state index is -0.324. The summed E-state index contributed by atoms with van der Waals surface area (Å²) in [5.41, 5.74) is 3.50. The number of aromatic nitrogens is 2. The number of hydrogen-bond acceptors (Lipinski definition) is 5. The maximum atomic E-state index is 12.6. The Labute approximate surface area is 162 Å². The lowest BCUT2D eigenvalue weighted by atomic mass is 10.1. The lowest BCUT2D eigenvalue weighted by molar-refractivity contribution is 0.0998. The number of amides is 1. The second kappa shape index (κ2) is 6.66. The van der Waals surface area contributed by atoms with E-state index in [1.165, 1.54) is 0 Å². The molecule has 0 aliphatic carbocycles. The molecule has 0 bridgehead atoms. The highest BCUT2D eigenvalue weighted by Crippen LogP contribution is 2.28. The molecule has 0 atom stereocenters. The van der Waals surface area contributed by atoms with E-state index in [-0.39, 0.29) is 5.91 Å². The van der Waals surface area contributed by atoms with Crippen LogP contribution < -0.4 is 5.32 Å². The van der Waals surface area contributed by atoms with Gasteiger partial charge in [-0.3, -0.25) is 10.1 Å². The summed E-state index contributed by atoms with van der Waals surface area (Å²) in [7, 11) is 0. The first-order chi connectivity index (χ1) is 12.5. The van der Waals surface area contributed by atoms with E-state index in [1.807, 2.05) is 56.3 Å². The number of nitrogens with one attached hydrogen (secondary N) is 1. The molecule has 0 saturated carbocycles. The third-order valence-corrected chi connectivity index (χ3v) is 5.21. The number of furan rings is 1. The molecular weight excluding hydrogens is 414 g/mol. The Balaban J connectivity index is 1.59. The van der Waals surface area contributed by atoms with Crippen LogP contribution in [0.3, 0.4) is 0 Å². The third-order valence-electron chi connectivity index (χ3n) is 4.05. The summed E-state index contributed by atoms with van der Waals surface area (Å²) < 4.78 is 11.1. The number of hydrogen-bond donors (Lipinski definition) is 1. The normalized spacial score (nSPS) is 11.0. The van der Waals surface area contributed by atoms with Gasteiger partial charge in [0.1, 0.15) is 5.58 Å². The number of nitrogens with zero attached hydrogens (tertiary/aromatic N) is 2. The first kappa shape index (κ1) is 16.9. The standard InChI is InChI=1S/C19H14BrN3O2S/c1-10-3-8-14-11(2)16(25-15(14)9-10)18(24)22-19-21-17(23-26-19)12-4-6-13(20)7-5-12/h3-9H,1-2H3,(H,21,22,23,24). The number of fused-ring (bicyclic) bond motifs is 1. The Morgan fingerprint density at radius 1 is 1.15 bits per heavy atom. The van der Waals surface area contributed by atoms with Crippen molar-refractivity contribution in [1.29, 1.82) is 0 Å². The molecule has 0 saturated heterocycles. The maximum absolute atomic E-state index is 12.6. The van der Waals surface area contributed by atoms with Crippen molar-refractivity contribution in [3.8, 4) is 11.4 Å². The van der Waals surface area contributed by atoms with Crippen LogP contribution in [-0.2, 0) is 0 Å². The average Bonchev–Trinajstić information content (AvgIpc) is 3.20. The Hall–Kier alpha value is -2.51. The minimum Gasteiger partial charge on any atom is -0.451 e. The van der Waals surface area contributed by atoms with E-state index in [9.17, 15) is 4.79 Å². The van der Waals surface area contributed by atoms with Gasteiger partial charge in [0.2, 0.25) is 5.13 Å². The van der Waals surface area contributed by atoms with Gasteiger partial charge in [-0.05, 0) is 37.6 Å². The van der Waals surface area contributed by atoms with Gasteiger partial charge in [0.15, 0.2) is 11.6 Å². The van der Waals surface area contributed by atoms with Gasteiger partial charge in [-0.1, -0.05) is 40.2 Å². The van der Waals surface area contributed by atoms with Crippen LogP contribution in [0.1, 0.15) is 21.7 Å². The monoisotopic (exact) mass is 427 g/mol. The smallest absolute Gasteiger partial charge is 0.293 e. The maximum Gasteiger partial charge on any atom is 0.293 e. The van der Waals surface area contributed by atoms with Crippen LogP contribution in [0.5, 0.6) is 0 Å². The van der Waals surface area contributed by atoms with Gasteiger partial charge in [-0.2, -0.15) is 9.36 Å². The zero-order valence-electron chi connectivity index (χ0n) is 14.0. The van der Waals surface area contributed by atoms with Crippen molar-refractivity contribution in [2.75, 3.05) is 5.32 Å². The Kier molecular flexibility index (Phi) is 4.34. The van der Waals surface area contributed by atoms with E-state index in [1.54, 1.807) is 0 Å². The van der Waals surface area contributed by atoms with Crippen LogP contribution in [0.2, 0.25) is 0 Å². The highest BCUT2D eigenvalue weighted by Gasteiger charge is 2.19. The van der Waals surface area contributed by atoms with E-state index in [2.05, 4.69) is 30.6 Å². The average molecular weight is 428 g/mol. The first-order valence-corrected chi connectivity index (χ1v) is 9.48. The second-order valence-corrected chi connectivity index (χ2v) is 7.61. The molecule has 0 unspecified atom stereocenters. The van der Waals surface area contributed by atoms with Crippen LogP contribution in [0.4, 0.5) is 5.13 Å². The summed E-state index contributed by atoms with van der Waals surface area (Å²) in [5.74, 6) is 0.551. The number of carbonyl (C=O) groups is 1. The van der Waals surface area contributed by atoms with Crippen molar-refractivity contribution >= 4 is 49.5 Å². The molecule has 0 aliphatic heterocycles. The lowest BCUT2D eigenvalue weighted by Crippen LogP contribution is -2.11. The molecule has 1 N–H and O–H groups in total. The molecule has 0 aliphatic rings. The van der Waals surface area contributed by atoms with Crippen molar-refractivity contribution < 1.29 is 9.21 Å². The molecule has 7 heteroatoms. The van der Waals surface area contributed by atoms with Gasteiger partial charge in [0, 0.05) is 32.5 Å². The van der Waals surface area contributed by atoms with Gasteiger partial charge >= 0.3 is 0 Å². The molecule has 0 radical (unpaired) electrons. The highest BCUT2D eigenvalue weighted by molar-refractivity contribution is 9.10. The summed E-state index contributed by atoms with van der Waals surface area (Å²) in [4.78, 5) is 17.0. The fraction of sp³-hybridized carbons (Fsp3) is 0.105. The summed E-state index contributed by atoms with van der Waals surface area (Å²) in [6, 6.07) is 13.6. The highest BCUT2D eigenvalue weighted by atomic mass is 79.9. The molecular formula is C19H14BrN3O2S. The fourth-order valence-electron chi connectivity index (χ4n) is 2.69. The molecule has 0 fully saturated rings. The van der Waals surface area contributed by atoms with E-state index in [0.29, 0.717) is 22.3 Å². The molecule has 2 aromatic carbocycles. The molecule has 2 aromatic heterocycles. The molecule has 5 nitrogen and oxygen atoms in total. The SMILES string of the molecule is Cc1ccc2c(C)c(C(=O)Nc3nc(-c4ccc(Br)cc4)ns3)oc2c1. The quantitative estimate of drug-likeness (QED) is 0.463. The molecule has 26 heavy (non-hydrogen) atoms. The van der Waals surface area contributed by atoms with E-state index in [4.69, 9.17) is 4.42 Å². The summed E-state index contributed by atoms with van der Waals surface area (Å²) in [6.45, 7) is 3.87. The topological polar surface area (TPSA) is 68.0 Å². The summed E-state index contributed by atoms with van der Waals surface area (Å²) in [6.07, 6.45) is 0. The largest absolute Gasteiger partial charge is 0.451 e. The third kappa shape index (κ3) is 3.15. The van der Waals surface area contributed by atoms with Crippen molar-refractivity contribution in [2.45, 2.75) is 13.8 Å².